The maximum Gasteiger partial charge on any atom is 0.303 e. The number of carboxylic acids is 1. The Kier molecular flexibility index (Phi) is 11.3. The zero-order valence-electron chi connectivity index (χ0n) is 27.0. The number of carboxylic acid groups (broad SMARTS) is 1. The number of fused-ring (bicyclic) bond motifs is 2. The lowest BCUT2D eigenvalue weighted by molar-refractivity contribution is -0.141. The van der Waals surface area contributed by atoms with Crippen molar-refractivity contribution in [1.29, 1.82) is 0 Å². The Morgan fingerprint density at radius 3 is 2.36 bits per heavy atom. The number of rotatable bonds is 15. The van der Waals surface area contributed by atoms with Gasteiger partial charge in [0.25, 0.3) is 0 Å². The van der Waals surface area contributed by atoms with Crippen molar-refractivity contribution < 1.29 is 34.8 Å². The summed E-state index contributed by atoms with van der Waals surface area (Å²) in [4.78, 5) is 39.3. The second-order valence-corrected chi connectivity index (χ2v) is 12.8. The molecule has 5 rings (SSSR count). The monoisotopic (exact) mass is 639 g/mol. The number of carbonyl (C=O) groups is 3. The largest absolute Gasteiger partial charge is 0.507 e. The Morgan fingerprint density at radius 1 is 0.936 bits per heavy atom. The number of aliphatic hydroxyl groups excluding tert-OH is 2. The molecule has 1 aliphatic heterocycles. The fourth-order valence-corrected chi connectivity index (χ4v) is 7.53. The first-order valence-corrected chi connectivity index (χ1v) is 16.8. The Hall–Kier alpha value is -4.27. The number of unbranched alkanes of at least 4 members (excludes halogenated alkanes) is 2. The summed E-state index contributed by atoms with van der Waals surface area (Å²) in [6.45, 7) is 1.94. The Labute approximate surface area is 276 Å². The first-order chi connectivity index (χ1) is 22.7. The number of imide groups is 1. The van der Waals surface area contributed by atoms with E-state index in [9.17, 15) is 29.7 Å². The van der Waals surface area contributed by atoms with Gasteiger partial charge in [-0.05, 0) is 72.3 Å². The van der Waals surface area contributed by atoms with E-state index in [-0.39, 0.29) is 37.1 Å². The minimum absolute atomic E-state index is 0.0536. The second kappa shape index (κ2) is 15.5. The molecular formula is C39H45NO7. The third-order valence-corrected chi connectivity index (χ3v) is 9.75. The number of aliphatic carboxylic acids is 1. The maximum atomic E-state index is 13.7. The van der Waals surface area contributed by atoms with Crippen molar-refractivity contribution in [3.05, 3.63) is 89.0 Å². The molecule has 1 saturated heterocycles. The average Bonchev–Trinajstić information content (AvgIpc) is 3.31. The van der Waals surface area contributed by atoms with E-state index in [1.807, 2.05) is 67.6 Å². The summed E-state index contributed by atoms with van der Waals surface area (Å²) in [6.07, 6.45) is 5.60. The van der Waals surface area contributed by atoms with Crippen LogP contribution in [0.25, 0.3) is 22.4 Å². The maximum absolute atomic E-state index is 13.7. The van der Waals surface area contributed by atoms with Crippen molar-refractivity contribution >= 4 is 40.2 Å². The zero-order chi connectivity index (χ0) is 33.5. The third-order valence-electron chi connectivity index (χ3n) is 9.75. The summed E-state index contributed by atoms with van der Waals surface area (Å²) in [5.41, 5.74) is 4.62. The van der Waals surface area contributed by atoms with E-state index in [0.29, 0.717) is 50.5 Å². The molecule has 0 saturated carbocycles. The number of carbonyl (C=O) groups excluding carboxylic acids is 2. The highest BCUT2D eigenvalue weighted by Gasteiger charge is 2.54. The number of nitrogens with zero attached hydrogens (tertiary/aromatic N) is 1. The fraction of sp³-hybridized carbons (Fsp3) is 0.410. The van der Waals surface area contributed by atoms with Crippen molar-refractivity contribution in [2.45, 2.75) is 70.8 Å². The molecule has 0 unspecified atom stereocenters. The number of likely N-dealkylation sites (tertiary alicyclic amines) is 1. The number of allylic oxidation sites excluding steroid dienone is 2. The summed E-state index contributed by atoms with van der Waals surface area (Å²) in [7, 11) is 0. The third kappa shape index (κ3) is 7.50. The van der Waals surface area contributed by atoms with E-state index in [0.717, 1.165) is 39.5 Å². The van der Waals surface area contributed by atoms with Gasteiger partial charge < -0.3 is 20.4 Å². The Morgan fingerprint density at radius 2 is 1.66 bits per heavy atom. The van der Waals surface area contributed by atoms with Crippen LogP contribution in [0.5, 0.6) is 5.75 Å². The van der Waals surface area contributed by atoms with E-state index >= 15 is 0 Å². The Balaban J connectivity index is 1.40. The predicted molar refractivity (Wildman–Crippen MR) is 182 cm³/mol. The molecule has 2 aliphatic rings. The van der Waals surface area contributed by atoms with Crippen LogP contribution in [-0.4, -0.2) is 62.4 Å². The van der Waals surface area contributed by atoms with E-state index in [1.54, 1.807) is 6.07 Å². The van der Waals surface area contributed by atoms with Gasteiger partial charge in [0.05, 0.1) is 24.5 Å². The minimum atomic E-state index is -0.911. The molecule has 0 bridgehead atoms. The number of benzene rings is 3. The molecule has 2 amide bonds. The van der Waals surface area contributed by atoms with Crippen molar-refractivity contribution in [2.24, 2.45) is 17.8 Å². The van der Waals surface area contributed by atoms with Crippen LogP contribution < -0.4 is 0 Å². The predicted octanol–water partition coefficient (Wildman–Crippen LogP) is 6.58. The molecule has 4 atom stereocenters. The molecule has 248 valence electrons. The van der Waals surface area contributed by atoms with Crippen molar-refractivity contribution in [1.82, 2.24) is 4.90 Å². The Bertz CT molecular complexity index is 1660. The first kappa shape index (κ1) is 34.1. The van der Waals surface area contributed by atoms with Crippen LogP contribution in [0.15, 0.2) is 77.9 Å². The standard InChI is InChI=1S/C39H45NO7/c1-2-11-28-23-31-37(39(47)40(38(31)46)21-10-4-7-16-35(44)45)32(24-41)36(28)34(43)20-17-26(25-12-5-3-6-13-25)22-27-18-19-33(42)30-15-9-8-14-29(27)30/h3,5-6,8-9,12-15,18-19,22,31-32,34,37,41-43H,2,4,7,10-11,16-17,20-21,23-24H2,1H3,(H,44,45)/b26-22-/t31-,32+,34-,37-/m1/s1. The molecule has 0 radical (unpaired) electrons. The van der Waals surface area contributed by atoms with E-state index in [1.165, 1.54) is 4.90 Å². The van der Waals surface area contributed by atoms with Gasteiger partial charge in [-0.3, -0.25) is 19.3 Å². The number of aromatic hydroxyl groups is 1. The summed E-state index contributed by atoms with van der Waals surface area (Å²) in [5.74, 6) is -3.11. The van der Waals surface area contributed by atoms with Gasteiger partial charge >= 0.3 is 5.97 Å². The highest BCUT2D eigenvalue weighted by atomic mass is 16.4. The van der Waals surface area contributed by atoms with Crippen LogP contribution in [0.3, 0.4) is 0 Å². The molecule has 3 aromatic carbocycles. The van der Waals surface area contributed by atoms with E-state index in [2.05, 4.69) is 6.08 Å². The summed E-state index contributed by atoms with van der Waals surface area (Å²) in [6, 6.07) is 21.2. The van der Waals surface area contributed by atoms with Crippen LogP contribution in [0.1, 0.15) is 75.8 Å². The molecule has 8 heteroatoms. The lowest BCUT2D eigenvalue weighted by Gasteiger charge is -2.36. The second-order valence-electron chi connectivity index (χ2n) is 12.8. The minimum Gasteiger partial charge on any atom is -0.507 e. The quantitative estimate of drug-likeness (QED) is 0.0638. The molecule has 8 nitrogen and oxygen atoms in total. The first-order valence-electron chi connectivity index (χ1n) is 16.8. The SMILES string of the molecule is CCCC1=C([C@H](O)CC/C(=C/c2ccc(O)c3ccccc23)c2ccccc2)[C@H](CO)[C@@H]2C(=O)N(CCCCCC(=O)O)C(=O)[C@@H]2C1. The van der Waals surface area contributed by atoms with Gasteiger partial charge in [-0.15, -0.1) is 0 Å². The lowest BCUT2D eigenvalue weighted by atomic mass is 9.67. The smallest absolute Gasteiger partial charge is 0.303 e. The lowest BCUT2D eigenvalue weighted by Crippen LogP contribution is -2.39. The summed E-state index contributed by atoms with van der Waals surface area (Å²) < 4.78 is 0. The van der Waals surface area contributed by atoms with Gasteiger partial charge in [-0.25, -0.2) is 0 Å². The van der Waals surface area contributed by atoms with Crippen molar-refractivity contribution in [3.63, 3.8) is 0 Å². The number of hydrogen-bond acceptors (Lipinski definition) is 6. The van der Waals surface area contributed by atoms with Crippen LogP contribution in [-0.2, 0) is 14.4 Å². The molecular weight excluding hydrogens is 594 g/mol. The van der Waals surface area contributed by atoms with Gasteiger partial charge in [0.2, 0.25) is 11.8 Å². The van der Waals surface area contributed by atoms with Crippen LogP contribution in [0.4, 0.5) is 0 Å². The summed E-state index contributed by atoms with van der Waals surface area (Å²) in [5, 5.41) is 43.5. The van der Waals surface area contributed by atoms with E-state index in [4.69, 9.17) is 5.11 Å². The highest BCUT2D eigenvalue weighted by Crippen LogP contribution is 2.47. The van der Waals surface area contributed by atoms with Gasteiger partial charge in [0.15, 0.2) is 0 Å². The van der Waals surface area contributed by atoms with Gasteiger partial charge in [-0.1, -0.05) is 92.1 Å². The van der Waals surface area contributed by atoms with Gasteiger partial charge in [0.1, 0.15) is 5.75 Å². The molecule has 1 aliphatic carbocycles. The molecule has 47 heavy (non-hydrogen) atoms. The number of aliphatic hydroxyl groups is 2. The van der Waals surface area contributed by atoms with Crippen molar-refractivity contribution in [3.8, 4) is 5.75 Å². The molecule has 0 spiro atoms. The fourth-order valence-electron chi connectivity index (χ4n) is 7.53. The number of phenols is 1. The zero-order valence-corrected chi connectivity index (χ0v) is 27.0. The van der Waals surface area contributed by atoms with Gasteiger partial charge in [0, 0.05) is 24.3 Å². The summed E-state index contributed by atoms with van der Waals surface area (Å²) >= 11 is 0. The van der Waals surface area contributed by atoms with Gasteiger partial charge in [-0.2, -0.15) is 0 Å². The molecule has 0 aromatic heterocycles. The molecule has 4 N–H and O–H groups in total. The van der Waals surface area contributed by atoms with Crippen LogP contribution in [0, 0.1) is 17.8 Å². The molecule has 1 heterocycles. The molecule has 1 fully saturated rings. The number of phenolic OH excluding ortho intramolecular Hbond substituents is 1. The van der Waals surface area contributed by atoms with E-state index < -0.39 is 29.8 Å². The van der Waals surface area contributed by atoms with Crippen LogP contribution >= 0.6 is 0 Å². The van der Waals surface area contributed by atoms with Crippen LogP contribution in [0.2, 0.25) is 0 Å². The average molecular weight is 640 g/mol. The topological polar surface area (TPSA) is 135 Å². The highest BCUT2D eigenvalue weighted by molar-refractivity contribution is 6.06. The number of hydrogen-bond donors (Lipinski definition) is 4. The normalized spacial score (nSPS) is 20.6. The molecule has 3 aromatic rings. The number of amides is 2. The van der Waals surface area contributed by atoms with Crippen molar-refractivity contribution in [2.75, 3.05) is 13.2 Å².